The lowest BCUT2D eigenvalue weighted by Crippen LogP contribution is -2.46. The second-order valence-electron chi connectivity index (χ2n) is 18.4. The molecule has 0 aliphatic heterocycles. The quantitative estimate of drug-likeness (QED) is 0.0321. The van der Waals surface area contributed by atoms with Crippen LogP contribution in [0.5, 0.6) is 0 Å². The number of aliphatic hydroxyl groups excluding tert-OH is 2. The molecule has 0 heterocycles. The normalized spacial score (nSPS) is 13.7. The predicted molar refractivity (Wildman–Crippen MR) is 273 cm³/mol. The second kappa shape index (κ2) is 50.6. The van der Waals surface area contributed by atoms with Crippen molar-refractivity contribution in [1.82, 2.24) is 5.32 Å². The van der Waals surface area contributed by atoms with Crippen molar-refractivity contribution in [2.45, 2.75) is 283 Å². The second-order valence-corrected chi connectivity index (χ2v) is 18.4. The van der Waals surface area contributed by atoms with Gasteiger partial charge in [-0.1, -0.05) is 287 Å². The minimum absolute atomic E-state index is 0.0168. The van der Waals surface area contributed by atoms with Gasteiger partial charge in [0.05, 0.1) is 25.2 Å². The van der Waals surface area contributed by atoms with E-state index in [2.05, 4.69) is 32.2 Å². The molecule has 63 heavy (non-hydrogen) atoms. The van der Waals surface area contributed by atoms with E-state index in [1.165, 1.54) is 173 Å². The average Bonchev–Trinajstić information content (AvgIpc) is 3.28. The van der Waals surface area contributed by atoms with Crippen LogP contribution in [-0.4, -0.2) is 46.9 Å². The minimum Gasteiger partial charge on any atom is -0.461 e. The summed E-state index contributed by atoms with van der Waals surface area (Å²) < 4.78 is 5.85. The number of nitrogens with one attached hydrogen (secondary N) is 1. The van der Waals surface area contributed by atoms with Crippen LogP contribution >= 0.6 is 0 Å². The summed E-state index contributed by atoms with van der Waals surface area (Å²) in [6.07, 6.45) is 63.2. The summed E-state index contributed by atoms with van der Waals surface area (Å²) in [4.78, 5) is 26.1. The van der Waals surface area contributed by atoms with Gasteiger partial charge in [0, 0.05) is 12.8 Å². The molecule has 0 bridgehead atoms. The monoisotopic (exact) mass is 882 g/mol. The molecule has 0 aliphatic carbocycles. The lowest BCUT2D eigenvalue weighted by Gasteiger charge is -2.24. The van der Waals surface area contributed by atoms with E-state index in [0.717, 1.165) is 44.9 Å². The number of rotatable bonds is 48. The average molecular weight is 882 g/mol. The Bertz CT molecular complexity index is 1130. The fraction of sp³-hybridized carbons (Fsp3) is 0.789. The Labute approximate surface area is 390 Å². The van der Waals surface area contributed by atoms with Crippen molar-refractivity contribution in [3.8, 4) is 0 Å². The largest absolute Gasteiger partial charge is 0.461 e. The van der Waals surface area contributed by atoms with Gasteiger partial charge in [0.15, 0.2) is 0 Å². The van der Waals surface area contributed by atoms with Gasteiger partial charge in [-0.15, -0.1) is 0 Å². The maximum absolute atomic E-state index is 13.2. The molecule has 366 valence electrons. The van der Waals surface area contributed by atoms with Crippen LogP contribution in [0.4, 0.5) is 0 Å². The van der Waals surface area contributed by atoms with E-state index < -0.39 is 18.2 Å². The number of carbonyl (C=O) groups excluding carboxylic acids is 2. The summed E-state index contributed by atoms with van der Waals surface area (Å²) in [5.41, 5.74) is 0. The van der Waals surface area contributed by atoms with Crippen LogP contribution < -0.4 is 5.32 Å². The zero-order chi connectivity index (χ0) is 45.9. The molecule has 3 atom stereocenters. The number of ether oxygens (including phenoxy) is 1. The van der Waals surface area contributed by atoms with Crippen molar-refractivity contribution in [2.24, 2.45) is 0 Å². The van der Waals surface area contributed by atoms with Crippen molar-refractivity contribution >= 4 is 11.9 Å². The number of unbranched alkanes of at least 4 members (excludes halogenated alkanes) is 31. The van der Waals surface area contributed by atoms with Crippen LogP contribution in [0.15, 0.2) is 60.8 Å². The molecule has 0 fully saturated rings. The van der Waals surface area contributed by atoms with E-state index in [-0.39, 0.29) is 24.9 Å². The lowest BCUT2D eigenvalue weighted by molar-refractivity contribution is -0.150. The molecular weight excluding hydrogens is 779 g/mol. The standard InChI is InChI=1S/C57H103NO5/c1-4-7-10-13-16-19-22-24-26-28-30-32-35-38-41-44-47-50-57(62)63-53(48-45-42-39-36-33-21-18-15-12-9-6-3)51-56(61)58-54(52-59)55(60)49-46-43-40-37-34-31-29-27-25-23-20-17-14-11-8-5-2/h9,12,15,18,21,33,36,39,42,45,53-55,59-60H,4-8,10-11,13-14,16-17,19-20,22-32,34-35,37-38,40-41,43-44,46-52H2,1-3H3,(H,58,61)/b12-9+,18-15+,33-21-,39-36-,45-42+. The molecule has 0 spiro atoms. The number of amides is 1. The van der Waals surface area contributed by atoms with E-state index in [1.54, 1.807) is 0 Å². The first-order valence-electron chi connectivity index (χ1n) is 27.1. The fourth-order valence-electron chi connectivity index (χ4n) is 8.16. The van der Waals surface area contributed by atoms with E-state index in [1.807, 2.05) is 54.7 Å². The molecule has 6 nitrogen and oxygen atoms in total. The van der Waals surface area contributed by atoms with E-state index in [4.69, 9.17) is 4.74 Å². The Morgan fingerprint density at radius 3 is 1.21 bits per heavy atom. The van der Waals surface area contributed by atoms with Gasteiger partial charge in [0.2, 0.25) is 5.91 Å². The van der Waals surface area contributed by atoms with E-state index >= 15 is 0 Å². The molecule has 3 N–H and O–H groups in total. The third kappa shape index (κ3) is 45.9. The number of esters is 1. The Balaban J connectivity index is 4.55. The highest BCUT2D eigenvalue weighted by molar-refractivity contribution is 5.77. The van der Waals surface area contributed by atoms with Crippen LogP contribution in [0.2, 0.25) is 0 Å². The number of allylic oxidation sites excluding steroid dienone is 9. The highest BCUT2D eigenvalue weighted by atomic mass is 16.5. The van der Waals surface area contributed by atoms with Crippen molar-refractivity contribution < 1.29 is 24.5 Å². The van der Waals surface area contributed by atoms with Crippen LogP contribution in [0.3, 0.4) is 0 Å². The van der Waals surface area contributed by atoms with Gasteiger partial charge in [-0.25, -0.2) is 0 Å². The van der Waals surface area contributed by atoms with E-state index in [0.29, 0.717) is 19.3 Å². The summed E-state index contributed by atoms with van der Waals surface area (Å²) in [5, 5.41) is 23.7. The number of carbonyl (C=O) groups is 2. The first-order valence-corrected chi connectivity index (χ1v) is 27.1. The molecule has 1 amide bonds. The third-order valence-electron chi connectivity index (χ3n) is 12.2. The summed E-state index contributed by atoms with van der Waals surface area (Å²) in [5.74, 6) is -0.599. The Morgan fingerprint density at radius 2 is 0.825 bits per heavy atom. The topological polar surface area (TPSA) is 95.9 Å². The zero-order valence-electron chi connectivity index (χ0n) is 41.7. The molecule has 0 aromatic rings. The van der Waals surface area contributed by atoms with Crippen molar-refractivity contribution in [2.75, 3.05) is 6.61 Å². The Kier molecular flexibility index (Phi) is 48.6. The van der Waals surface area contributed by atoms with Crippen LogP contribution in [0.1, 0.15) is 265 Å². The fourth-order valence-corrected chi connectivity index (χ4v) is 8.16. The van der Waals surface area contributed by atoms with Gasteiger partial charge < -0.3 is 20.3 Å². The lowest BCUT2D eigenvalue weighted by atomic mass is 10.0. The van der Waals surface area contributed by atoms with Gasteiger partial charge in [-0.3, -0.25) is 9.59 Å². The van der Waals surface area contributed by atoms with Crippen LogP contribution in [-0.2, 0) is 14.3 Å². The summed E-state index contributed by atoms with van der Waals surface area (Å²) in [6, 6.07) is -0.739. The van der Waals surface area contributed by atoms with Crippen molar-refractivity contribution in [3.05, 3.63) is 60.8 Å². The maximum Gasteiger partial charge on any atom is 0.306 e. The molecular formula is C57H103NO5. The highest BCUT2D eigenvalue weighted by Crippen LogP contribution is 2.17. The number of hydrogen-bond donors (Lipinski definition) is 3. The van der Waals surface area contributed by atoms with Gasteiger partial charge in [0.1, 0.15) is 6.10 Å². The molecule has 0 radical (unpaired) electrons. The molecule has 0 aliphatic rings. The summed E-state index contributed by atoms with van der Waals surface area (Å²) in [6.45, 7) is 6.32. The molecule has 3 unspecified atom stereocenters. The SMILES string of the molecule is CC/C=C/C=C/C=C\C=C/C=C/CC(CC(=O)NC(CO)C(O)CCCCCCCCCCCCCCCCCC)OC(=O)CCCCCCCCCCCCCCCCCCC. The van der Waals surface area contributed by atoms with Gasteiger partial charge in [-0.05, 0) is 19.3 Å². The van der Waals surface area contributed by atoms with Crippen molar-refractivity contribution in [1.29, 1.82) is 0 Å². The molecule has 0 aromatic heterocycles. The molecule has 6 heteroatoms. The third-order valence-corrected chi connectivity index (χ3v) is 12.2. The first kappa shape index (κ1) is 60.6. The summed E-state index contributed by atoms with van der Waals surface area (Å²) in [7, 11) is 0. The minimum atomic E-state index is -0.818. The van der Waals surface area contributed by atoms with Gasteiger partial charge in [0.25, 0.3) is 0 Å². The molecule has 0 aromatic carbocycles. The van der Waals surface area contributed by atoms with Gasteiger partial charge >= 0.3 is 5.97 Å². The summed E-state index contributed by atoms with van der Waals surface area (Å²) >= 11 is 0. The number of aliphatic hydroxyl groups is 2. The van der Waals surface area contributed by atoms with Crippen LogP contribution in [0, 0.1) is 0 Å². The maximum atomic E-state index is 13.2. The van der Waals surface area contributed by atoms with Gasteiger partial charge in [-0.2, -0.15) is 0 Å². The molecule has 0 saturated carbocycles. The highest BCUT2D eigenvalue weighted by Gasteiger charge is 2.23. The Morgan fingerprint density at radius 1 is 0.476 bits per heavy atom. The first-order chi connectivity index (χ1) is 31.0. The van der Waals surface area contributed by atoms with Crippen molar-refractivity contribution in [3.63, 3.8) is 0 Å². The van der Waals surface area contributed by atoms with E-state index in [9.17, 15) is 19.8 Å². The molecule has 0 saturated heterocycles. The van der Waals surface area contributed by atoms with Crippen LogP contribution in [0.25, 0.3) is 0 Å². The Hall–Kier alpha value is -2.44. The zero-order valence-corrected chi connectivity index (χ0v) is 41.7. The number of hydrogen-bond acceptors (Lipinski definition) is 5. The smallest absolute Gasteiger partial charge is 0.306 e. The predicted octanol–water partition coefficient (Wildman–Crippen LogP) is 16.4. The molecule has 0 rings (SSSR count).